The number of benzene rings is 2. The maximum Gasteiger partial charge on any atom is 0.228 e. The first-order chi connectivity index (χ1) is 16.9. The molecule has 0 radical (unpaired) electrons. The Bertz CT molecular complexity index is 1150. The summed E-state index contributed by atoms with van der Waals surface area (Å²) in [4.78, 5) is 28.1. The number of hydrogen-bond acceptors (Lipinski definition) is 5. The summed E-state index contributed by atoms with van der Waals surface area (Å²) < 4.78 is 11.9. The molecule has 5 nitrogen and oxygen atoms in total. The van der Waals surface area contributed by atoms with Gasteiger partial charge in [0.2, 0.25) is 5.78 Å². The van der Waals surface area contributed by atoms with E-state index >= 15 is 0 Å². The van der Waals surface area contributed by atoms with Crippen LogP contribution in [0, 0.1) is 13.8 Å². The average molecular weight is 478 g/mol. The quantitative estimate of drug-likeness (QED) is 0.191. The standard InChI is InChI=1S/C30H39NO4/c1-5-7-15-31(16-8-6-2)17-11-12-18-34-30-22(3)19-24(20-23(30)4)29(33)28-21-26(32)25-13-9-10-14-27(25)35-28/h9-10,13-14,19-21H,5-8,11-12,15-18H2,1-4H3. The van der Waals surface area contributed by atoms with E-state index in [0.717, 1.165) is 36.3 Å². The minimum absolute atomic E-state index is 0.0527. The zero-order valence-electron chi connectivity index (χ0n) is 21.7. The summed E-state index contributed by atoms with van der Waals surface area (Å²) in [6.45, 7) is 12.5. The summed E-state index contributed by atoms with van der Waals surface area (Å²) in [5.41, 5.74) is 2.51. The van der Waals surface area contributed by atoms with Crippen LogP contribution in [-0.4, -0.2) is 36.9 Å². The summed E-state index contributed by atoms with van der Waals surface area (Å²) in [7, 11) is 0. The van der Waals surface area contributed by atoms with E-state index in [2.05, 4.69) is 18.7 Å². The molecule has 2 aromatic carbocycles. The molecule has 0 unspecified atom stereocenters. The van der Waals surface area contributed by atoms with Crippen LogP contribution in [0.15, 0.2) is 51.7 Å². The Morgan fingerprint density at radius 2 is 1.51 bits per heavy atom. The predicted molar refractivity (Wildman–Crippen MR) is 143 cm³/mol. The lowest BCUT2D eigenvalue weighted by atomic mass is 10.0. The first-order valence-corrected chi connectivity index (χ1v) is 13.0. The van der Waals surface area contributed by atoms with Gasteiger partial charge < -0.3 is 14.1 Å². The van der Waals surface area contributed by atoms with E-state index in [1.165, 1.54) is 44.8 Å². The zero-order valence-corrected chi connectivity index (χ0v) is 21.7. The van der Waals surface area contributed by atoms with Crippen molar-refractivity contribution in [3.05, 3.63) is 75.1 Å². The van der Waals surface area contributed by atoms with Crippen molar-refractivity contribution in [1.82, 2.24) is 4.90 Å². The summed E-state index contributed by atoms with van der Waals surface area (Å²) >= 11 is 0. The fourth-order valence-electron chi connectivity index (χ4n) is 4.38. The number of carbonyl (C=O) groups excluding carboxylic acids is 1. The molecule has 0 saturated heterocycles. The number of nitrogens with zero attached hydrogens (tertiary/aromatic N) is 1. The lowest BCUT2D eigenvalue weighted by molar-refractivity contribution is 0.101. The third-order valence-electron chi connectivity index (χ3n) is 6.35. The molecule has 0 fully saturated rings. The number of aryl methyl sites for hydroxylation is 2. The third kappa shape index (κ3) is 7.28. The minimum atomic E-state index is -0.301. The van der Waals surface area contributed by atoms with Crippen molar-refractivity contribution in [2.45, 2.75) is 66.2 Å². The van der Waals surface area contributed by atoms with Crippen molar-refractivity contribution in [3.8, 4) is 5.75 Å². The van der Waals surface area contributed by atoms with E-state index in [1.54, 1.807) is 24.3 Å². The molecule has 0 atom stereocenters. The van der Waals surface area contributed by atoms with Gasteiger partial charge in [-0.2, -0.15) is 0 Å². The Labute approximate surface area is 209 Å². The Morgan fingerprint density at radius 3 is 2.17 bits per heavy atom. The first kappa shape index (κ1) is 26.7. The largest absolute Gasteiger partial charge is 0.493 e. The monoisotopic (exact) mass is 477 g/mol. The highest BCUT2D eigenvalue weighted by Gasteiger charge is 2.17. The summed E-state index contributed by atoms with van der Waals surface area (Å²) in [6.07, 6.45) is 7.09. The molecule has 188 valence electrons. The van der Waals surface area contributed by atoms with Crippen LogP contribution in [0.3, 0.4) is 0 Å². The predicted octanol–water partition coefficient (Wildman–Crippen LogP) is 6.70. The smallest absolute Gasteiger partial charge is 0.228 e. The third-order valence-corrected chi connectivity index (χ3v) is 6.35. The van der Waals surface area contributed by atoms with Gasteiger partial charge in [-0.3, -0.25) is 9.59 Å². The van der Waals surface area contributed by atoms with Crippen molar-refractivity contribution in [1.29, 1.82) is 0 Å². The van der Waals surface area contributed by atoms with E-state index < -0.39 is 0 Å². The number of fused-ring (bicyclic) bond motifs is 1. The van der Waals surface area contributed by atoms with Crippen molar-refractivity contribution in [2.75, 3.05) is 26.2 Å². The normalized spacial score (nSPS) is 11.3. The molecule has 0 amide bonds. The Kier molecular flexibility index (Phi) is 10.1. The van der Waals surface area contributed by atoms with Gasteiger partial charge in [0.1, 0.15) is 11.3 Å². The molecule has 0 N–H and O–H groups in total. The van der Waals surface area contributed by atoms with Crippen LogP contribution in [0.1, 0.15) is 79.6 Å². The SMILES string of the molecule is CCCCN(CCCC)CCCCOc1c(C)cc(C(=O)c2cc(=O)c3ccccc3o2)cc1C. The lowest BCUT2D eigenvalue weighted by Gasteiger charge is -2.22. The molecule has 35 heavy (non-hydrogen) atoms. The van der Waals surface area contributed by atoms with Gasteiger partial charge in [-0.1, -0.05) is 38.8 Å². The van der Waals surface area contributed by atoms with E-state index in [0.29, 0.717) is 23.1 Å². The van der Waals surface area contributed by atoms with Crippen LogP contribution < -0.4 is 10.2 Å². The molecule has 0 aliphatic carbocycles. The van der Waals surface area contributed by atoms with Crippen LogP contribution in [-0.2, 0) is 0 Å². The fourth-order valence-corrected chi connectivity index (χ4v) is 4.38. The number of hydrogen-bond donors (Lipinski definition) is 0. The van der Waals surface area contributed by atoms with E-state index in [-0.39, 0.29) is 17.0 Å². The highest BCUT2D eigenvalue weighted by atomic mass is 16.5. The molecule has 1 aromatic heterocycles. The number of ketones is 1. The van der Waals surface area contributed by atoms with Gasteiger partial charge >= 0.3 is 0 Å². The fraction of sp³-hybridized carbons (Fsp3) is 0.467. The van der Waals surface area contributed by atoms with E-state index in [9.17, 15) is 9.59 Å². The second-order valence-electron chi connectivity index (χ2n) is 9.34. The van der Waals surface area contributed by atoms with Gasteiger partial charge in [-0.15, -0.1) is 0 Å². The summed E-state index contributed by atoms with van der Waals surface area (Å²) in [6, 6.07) is 11.9. The maximum absolute atomic E-state index is 13.1. The maximum atomic E-state index is 13.1. The molecule has 0 aliphatic heterocycles. The highest BCUT2D eigenvalue weighted by molar-refractivity contribution is 6.08. The van der Waals surface area contributed by atoms with E-state index in [1.807, 2.05) is 26.0 Å². The van der Waals surface area contributed by atoms with Gasteiger partial charge in [0.15, 0.2) is 11.2 Å². The number of rotatable bonds is 14. The number of ether oxygens (including phenoxy) is 1. The number of unbranched alkanes of at least 4 members (excludes halogenated alkanes) is 3. The molecule has 0 aliphatic rings. The second kappa shape index (κ2) is 13.2. The number of para-hydroxylation sites is 1. The average Bonchev–Trinajstić information content (AvgIpc) is 2.85. The second-order valence-corrected chi connectivity index (χ2v) is 9.34. The topological polar surface area (TPSA) is 59.8 Å². The zero-order chi connectivity index (χ0) is 25.2. The summed E-state index contributed by atoms with van der Waals surface area (Å²) in [5, 5.41) is 0.471. The molecule has 3 aromatic rings. The highest BCUT2D eigenvalue weighted by Crippen LogP contribution is 2.27. The molecule has 0 saturated carbocycles. The van der Waals surface area contributed by atoms with Crippen LogP contribution in [0.25, 0.3) is 11.0 Å². The molecule has 1 heterocycles. The molecule has 3 rings (SSSR count). The van der Waals surface area contributed by atoms with Gasteiger partial charge in [0.05, 0.1) is 12.0 Å². The van der Waals surface area contributed by atoms with Gasteiger partial charge in [0, 0.05) is 11.6 Å². The van der Waals surface area contributed by atoms with Gasteiger partial charge in [-0.25, -0.2) is 0 Å². The Morgan fingerprint density at radius 1 is 0.886 bits per heavy atom. The molecule has 5 heteroatoms. The van der Waals surface area contributed by atoms with Crippen LogP contribution in [0.2, 0.25) is 0 Å². The van der Waals surface area contributed by atoms with Crippen LogP contribution >= 0.6 is 0 Å². The van der Waals surface area contributed by atoms with Gasteiger partial charge in [-0.05, 0) is 94.6 Å². The Balaban J connectivity index is 1.60. The van der Waals surface area contributed by atoms with E-state index in [4.69, 9.17) is 9.15 Å². The minimum Gasteiger partial charge on any atom is -0.493 e. The Hall–Kier alpha value is -2.92. The van der Waals surface area contributed by atoms with Crippen molar-refractivity contribution in [3.63, 3.8) is 0 Å². The van der Waals surface area contributed by atoms with Crippen molar-refractivity contribution < 1.29 is 13.9 Å². The van der Waals surface area contributed by atoms with Crippen molar-refractivity contribution in [2.24, 2.45) is 0 Å². The molecular weight excluding hydrogens is 438 g/mol. The van der Waals surface area contributed by atoms with Crippen molar-refractivity contribution >= 4 is 16.8 Å². The summed E-state index contributed by atoms with van der Waals surface area (Å²) in [5.74, 6) is 0.581. The van der Waals surface area contributed by atoms with Crippen LogP contribution in [0.5, 0.6) is 5.75 Å². The molecule has 0 bridgehead atoms. The lowest BCUT2D eigenvalue weighted by Crippen LogP contribution is -2.27. The molecular formula is C30H39NO4. The molecule has 0 spiro atoms. The van der Waals surface area contributed by atoms with Crippen LogP contribution in [0.4, 0.5) is 0 Å². The van der Waals surface area contributed by atoms with Gasteiger partial charge in [0.25, 0.3) is 0 Å². The number of carbonyl (C=O) groups is 1. The first-order valence-electron chi connectivity index (χ1n) is 13.0.